The fourth-order valence-corrected chi connectivity index (χ4v) is 3.34. The van der Waals surface area contributed by atoms with Gasteiger partial charge >= 0.3 is 0 Å². The third kappa shape index (κ3) is 2.73. The van der Waals surface area contributed by atoms with Crippen LogP contribution in [0.5, 0.6) is 0 Å². The first-order valence-corrected chi connectivity index (χ1v) is 6.51. The standard InChI is InChI=1S/C13H24O/c14-13(9-5-1-2-6-10-13)11-12-7-3-4-8-12/h12,14H,1-11H2. The second-order valence-corrected chi connectivity index (χ2v) is 5.49. The molecule has 0 spiro atoms. The summed E-state index contributed by atoms with van der Waals surface area (Å²) in [7, 11) is 0. The normalized spacial score (nSPS) is 28.9. The lowest BCUT2D eigenvalue weighted by atomic mass is 9.84. The van der Waals surface area contributed by atoms with E-state index in [1.165, 1.54) is 51.4 Å². The second kappa shape index (κ2) is 4.65. The molecule has 1 N–H and O–H groups in total. The molecule has 2 fully saturated rings. The van der Waals surface area contributed by atoms with Crippen LogP contribution in [0.15, 0.2) is 0 Å². The third-order valence-electron chi connectivity index (χ3n) is 4.18. The molecule has 0 radical (unpaired) electrons. The van der Waals surface area contributed by atoms with Crippen molar-refractivity contribution in [1.29, 1.82) is 0 Å². The van der Waals surface area contributed by atoms with Gasteiger partial charge in [0, 0.05) is 0 Å². The molecule has 14 heavy (non-hydrogen) atoms. The van der Waals surface area contributed by atoms with E-state index in [1.54, 1.807) is 0 Å². The minimum atomic E-state index is -0.272. The summed E-state index contributed by atoms with van der Waals surface area (Å²) in [6, 6.07) is 0. The molecule has 1 nitrogen and oxygen atoms in total. The minimum Gasteiger partial charge on any atom is -0.390 e. The van der Waals surface area contributed by atoms with Gasteiger partial charge < -0.3 is 5.11 Å². The van der Waals surface area contributed by atoms with Crippen molar-refractivity contribution in [2.24, 2.45) is 5.92 Å². The van der Waals surface area contributed by atoms with Crippen LogP contribution in [-0.2, 0) is 0 Å². The lowest BCUT2D eigenvalue weighted by molar-refractivity contribution is 0.00187. The van der Waals surface area contributed by atoms with Crippen molar-refractivity contribution in [3.05, 3.63) is 0 Å². The Kier molecular flexibility index (Phi) is 3.48. The number of hydrogen-bond acceptors (Lipinski definition) is 1. The predicted molar refractivity (Wildman–Crippen MR) is 59.2 cm³/mol. The lowest BCUT2D eigenvalue weighted by Crippen LogP contribution is -2.30. The first-order chi connectivity index (χ1) is 6.79. The van der Waals surface area contributed by atoms with Gasteiger partial charge in [0.15, 0.2) is 0 Å². The monoisotopic (exact) mass is 196 g/mol. The average Bonchev–Trinajstić information content (AvgIpc) is 2.55. The summed E-state index contributed by atoms with van der Waals surface area (Å²) in [5.41, 5.74) is -0.272. The number of rotatable bonds is 2. The zero-order chi connectivity index (χ0) is 9.86. The highest BCUT2D eigenvalue weighted by Crippen LogP contribution is 2.37. The Hall–Kier alpha value is -0.0400. The molecule has 0 heterocycles. The maximum absolute atomic E-state index is 10.5. The molecule has 1 heteroatoms. The summed E-state index contributed by atoms with van der Waals surface area (Å²) in [5, 5.41) is 10.5. The van der Waals surface area contributed by atoms with E-state index in [2.05, 4.69) is 0 Å². The molecule has 0 aromatic rings. The molecule has 0 aromatic carbocycles. The van der Waals surface area contributed by atoms with Gasteiger partial charge in [-0.2, -0.15) is 0 Å². The van der Waals surface area contributed by atoms with Crippen molar-refractivity contribution in [2.45, 2.75) is 76.2 Å². The quantitative estimate of drug-likeness (QED) is 0.668. The van der Waals surface area contributed by atoms with Crippen LogP contribution in [-0.4, -0.2) is 10.7 Å². The van der Waals surface area contributed by atoms with Crippen LogP contribution < -0.4 is 0 Å². The van der Waals surface area contributed by atoms with Crippen LogP contribution >= 0.6 is 0 Å². The molecule has 0 bridgehead atoms. The Morgan fingerprint density at radius 3 is 2.00 bits per heavy atom. The summed E-state index contributed by atoms with van der Waals surface area (Å²) in [6.45, 7) is 0. The molecular formula is C13H24O. The average molecular weight is 196 g/mol. The van der Waals surface area contributed by atoms with Crippen LogP contribution in [0.25, 0.3) is 0 Å². The number of hydrogen-bond donors (Lipinski definition) is 1. The van der Waals surface area contributed by atoms with Gasteiger partial charge in [0.05, 0.1) is 5.60 Å². The minimum absolute atomic E-state index is 0.272. The highest BCUT2D eigenvalue weighted by Gasteiger charge is 2.31. The Labute approximate surface area is 87.9 Å². The highest BCUT2D eigenvalue weighted by molar-refractivity contribution is 4.85. The van der Waals surface area contributed by atoms with Gasteiger partial charge in [-0.05, 0) is 25.2 Å². The van der Waals surface area contributed by atoms with E-state index in [4.69, 9.17) is 0 Å². The molecule has 0 aliphatic heterocycles. The highest BCUT2D eigenvalue weighted by atomic mass is 16.3. The molecule has 0 saturated heterocycles. The van der Waals surface area contributed by atoms with E-state index in [9.17, 15) is 5.11 Å². The van der Waals surface area contributed by atoms with Gasteiger partial charge in [0.25, 0.3) is 0 Å². The van der Waals surface area contributed by atoms with Gasteiger partial charge in [-0.25, -0.2) is 0 Å². The molecule has 2 aliphatic carbocycles. The second-order valence-electron chi connectivity index (χ2n) is 5.49. The van der Waals surface area contributed by atoms with E-state index < -0.39 is 0 Å². The zero-order valence-corrected chi connectivity index (χ0v) is 9.30. The molecule has 2 rings (SSSR count). The fraction of sp³-hybridized carbons (Fsp3) is 1.00. The Morgan fingerprint density at radius 1 is 0.857 bits per heavy atom. The summed E-state index contributed by atoms with van der Waals surface area (Å²) < 4.78 is 0. The molecule has 82 valence electrons. The lowest BCUT2D eigenvalue weighted by Gasteiger charge is -2.29. The summed E-state index contributed by atoms with van der Waals surface area (Å²) in [6.07, 6.45) is 14.0. The van der Waals surface area contributed by atoms with Crippen LogP contribution in [0.4, 0.5) is 0 Å². The largest absolute Gasteiger partial charge is 0.390 e. The SMILES string of the molecule is OC1(CC2CCCC2)CCCCCC1. The van der Waals surface area contributed by atoms with Crippen molar-refractivity contribution < 1.29 is 5.11 Å². The van der Waals surface area contributed by atoms with Gasteiger partial charge in [-0.3, -0.25) is 0 Å². The Balaban J connectivity index is 1.85. The van der Waals surface area contributed by atoms with E-state index >= 15 is 0 Å². The van der Waals surface area contributed by atoms with Crippen LogP contribution in [0.2, 0.25) is 0 Å². The Morgan fingerprint density at radius 2 is 1.43 bits per heavy atom. The fourth-order valence-electron chi connectivity index (χ4n) is 3.34. The molecule has 0 aromatic heterocycles. The van der Waals surface area contributed by atoms with Crippen molar-refractivity contribution in [3.8, 4) is 0 Å². The summed E-state index contributed by atoms with van der Waals surface area (Å²) in [4.78, 5) is 0. The van der Waals surface area contributed by atoms with Gasteiger partial charge in [-0.15, -0.1) is 0 Å². The third-order valence-corrected chi connectivity index (χ3v) is 4.18. The molecule has 0 amide bonds. The van der Waals surface area contributed by atoms with Crippen molar-refractivity contribution in [1.82, 2.24) is 0 Å². The molecule has 0 atom stereocenters. The molecular weight excluding hydrogens is 172 g/mol. The topological polar surface area (TPSA) is 20.2 Å². The van der Waals surface area contributed by atoms with Crippen molar-refractivity contribution in [3.63, 3.8) is 0 Å². The van der Waals surface area contributed by atoms with Gasteiger partial charge in [0.1, 0.15) is 0 Å². The molecule has 2 aliphatic rings. The van der Waals surface area contributed by atoms with Crippen LogP contribution in [0.1, 0.15) is 70.6 Å². The Bertz CT molecular complexity index is 162. The van der Waals surface area contributed by atoms with Crippen LogP contribution in [0, 0.1) is 5.92 Å². The number of aliphatic hydroxyl groups is 1. The zero-order valence-electron chi connectivity index (χ0n) is 9.30. The maximum Gasteiger partial charge on any atom is 0.0650 e. The first kappa shape index (κ1) is 10.5. The van der Waals surface area contributed by atoms with Crippen molar-refractivity contribution in [2.75, 3.05) is 0 Å². The molecule has 2 saturated carbocycles. The first-order valence-electron chi connectivity index (χ1n) is 6.51. The summed E-state index contributed by atoms with van der Waals surface area (Å²) >= 11 is 0. The van der Waals surface area contributed by atoms with Crippen LogP contribution in [0.3, 0.4) is 0 Å². The van der Waals surface area contributed by atoms with E-state index in [0.717, 1.165) is 25.2 Å². The van der Waals surface area contributed by atoms with E-state index in [-0.39, 0.29) is 5.60 Å². The molecule has 0 unspecified atom stereocenters. The van der Waals surface area contributed by atoms with Gasteiger partial charge in [-0.1, -0.05) is 51.4 Å². The smallest absolute Gasteiger partial charge is 0.0650 e. The predicted octanol–water partition coefficient (Wildman–Crippen LogP) is 3.65. The maximum atomic E-state index is 10.5. The van der Waals surface area contributed by atoms with E-state index in [1.807, 2.05) is 0 Å². The van der Waals surface area contributed by atoms with E-state index in [0.29, 0.717) is 0 Å². The van der Waals surface area contributed by atoms with Crippen molar-refractivity contribution >= 4 is 0 Å². The summed E-state index contributed by atoms with van der Waals surface area (Å²) in [5.74, 6) is 0.845. The van der Waals surface area contributed by atoms with Gasteiger partial charge in [0.2, 0.25) is 0 Å².